The fourth-order valence-electron chi connectivity index (χ4n) is 4.16. The highest BCUT2D eigenvalue weighted by atomic mass is 19.4. The Kier molecular flexibility index (Phi) is 7.30. The highest BCUT2D eigenvalue weighted by Crippen LogP contribution is 2.37. The molecule has 7 heteroatoms. The van der Waals surface area contributed by atoms with Crippen LogP contribution in [0.25, 0.3) is 0 Å². The van der Waals surface area contributed by atoms with Crippen molar-refractivity contribution in [1.82, 2.24) is 10.3 Å². The normalized spacial score (nSPS) is 12.7. The van der Waals surface area contributed by atoms with Crippen LogP contribution in [0.4, 0.5) is 23.7 Å². The van der Waals surface area contributed by atoms with E-state index in [2.05, 4.69) is 21.5 Å². The van der Waals surface area contributed by atoms with E-state index in [4.69, 9.17) is 6.42 Å². The first kappa shape index (κ1) is 25.5. The van der Waals surface area contributed by atoms with Crippen molar-refractivity contribution in [3.8, 4) is 12.3 Å². The maximum Gasteiger partial charge on any atom is 0.416 e. The summed E-state index contributed by atoms with van der Waals surface area (Å²) in [5, 5.41) is 5.74. The van der Waals surface area contributed by atoms with Gasteiger partial charge in [0.1, 0.15) is 5.54 Å². The fraction of sp³-hybridized carbons (Fsp3) is 0.133. The van der Waals surface area contributed by atoms with Crippen molar-refractivity contribution >= 4 is 11.7 Å². The van der Waals surface area contributed by atoms with Gasteiger partial charge in [-0.05, 0) is 72.1 Å². The molecule has 0 fully saturated rings. The Bertz CT molecular complexity index is 1430. The van der Waals surface area contributed by atoms with Crippen molar-refractivity contribution in [3.63, 3.8) is 0 Å². The second kappa shape index (κ2) is 10.6. The van der Waals surface area contributed by atoms with Gasteiger partial charge in [0.25, 0.3) is 0 Å². The third kappa shape index (κ3) is 5.99. The lowest BCUT2D eigenvalue weighted by Crippen LogP contribution is -2.50. The van der Waals surface area contributed by atoms with Crippen LogP contribution >= 0.6 is 0 Å². The molecule has 3 aromatic carbocycles. The molecule has 4 aromatic rings. The minimum absolute atomic E-state index is 0.162. The average molecular weight is 500 g/mol. The number of nitrogens with zero attached hydrogens (tertiary/aromatic N) is 1. The molecular formula is C30H24F3N3O. The largest absolute Gasteiger partial charge is 0.416 e. The molecule has 4 rings (SSSR count). The third-order valence-electron chi connectivity index (χ3n) is 5.98. The van der Waals surface area contributed by atoms with E-state index < -0.39 is 23.3 Å². The molecule has 0 aliphatic heterocycles. The summed E-state index contributed by atoms with van der Waals surface area (Å²) in [7, 11) is 0. The molecule has 0 saturated carbocycles. The maximum atomic E-state index is 13.7. The van der Waals surface area contributed by atoms with Gasteiger partial charge in [-0.25, -0.2) is 4.79 Å². The van der Waals surface area contributed by atoms with Crippen LogP contribution in [0.15, 0.2) is 97.2 Å². The standard InChI is InChI=1S/C30H24F3N3O/c1-3-22-12-14-26(15-13-22)35-28(37)36-29(20-23-8-5-4-6-9-23,27-18-21(2)16-17-34-27)24-10-7-11-25(19-24)30(31,32)33/h1,4-19H,20H2,2H3,(H2,35,36,37). The number of halogens is 3. The Labute approximate surface area is 213 Å². The van der Waals surface area contributed by atoms with Gasteiger partial charge in [0.15, 0.2) is 0 Å². The number of rotatable bonds is 6. The Hall–Kier alpha value is -4.57. The van der Waals surface area contributed by atoms with Crippen LogP contribution < -0.4 is 10.6 Å². The number of terminal acetylenes is 1. The van der Waals surface area contributed by atoms with Crippen LogP contribution in [0, 0.1) is 19.3 Å². The van der Waals surface area contributed by atoms with Crippen molar-refractivity contribution in [2.24, 2.45) is 0 Å². The van der Waals surface area contributed by atoms with Gasteiger partial charge < -0.3 is 10.6 Å². The van der Waals surface area contributed by atoms with Crippen LogP contribution in [0.3, 0.4) is 0 Å². The predicted octanol–water partition coefficient (Wildman–Crippen LogP) is 6.70. The average Bonchev–Trinajstić information content (AvgIpc) is 2.89. The van der Waals surface area contributed by atoms with E-state index in [0.29, 0.717) is 16.9 Å². The highest BCUT2D eigenvalue weighted by molar-refractivity contribution is 5.90. The van der Waals surface area contributed by atoms with Crippen molar-refractivity contribution < 1.29 is 18.0 Å². The van der Waals surface area contributed by atoms with Crippen LogP contribution in [-0.2, 0) is 18.1 Å². The Morgan fingerprint density at radius 2 is 1.62 bits per heavy atom. The summed E-state index contributed by atoms with van der Waals surface area (Å²) in [6.07, 6.45) is 2.59. The van der Waals surface area contributed by atoms with E-state index in [-0.39, 0.29) is 12.0 Å². The monoisotopic (exact) mass is 499 g/mol. The number of aryl methyl sites for hydroxylation is 1. The number of carbonyl (C=O) groups excluding carboxylic acids is 1. The lowest BCUT2D eigenvalue weighted by atomic mass is 9.79. The molecule has 1 unspecified atom stereocenters. The molecule has 186 valence electrons. The Morgan fingerprint density at radius 1 is 0.919 bits per heavy atom. The van der Waals surface area contributed by atoms with Gasteiger partial charge in [-0.3, -0.25) is 4.98 Å². The number of alkyl halides is 3. The number of anilines is 1. The molecule has 2 N–H and O–H groups in total. The van der Waals surface area contributed by atoms with E-state index in [1.54, 1.807) is 48.7 Å². The summed E-state index contributed by atoms with van der Waals surface area (Å²) in [5.41, 5.74) is 1.21. The van der Waals surface area contributed by atoms with Gasteiger partial charge in [-0.2, -0.15) is 13.2 Å². The fourth-order valence-corrected chi connectivity index (χ4v) is 4.16. The number of urea groups is 1. The zero-order chi connectivity index (χ0) is 26.5. The first-order valence-corrected chi connectivity index (χ1v) is 11.5. The topological polar surface area (TPSA) is 54.0 Å². The van der Waals surface area contributed by atoms with Gasteiger partial charge in [0.05, 0.1) is 11.3 Å². The summed E-state index contributed by atoms with van der Waals surface area (Å²) in [6.45, 7) is 1.86. The van der Waals surface area contributed by atoms with Crippen molar-refractivity contribution in [3.05, 3.63) is 131 Å². The molecule has 0 aliphatic carbocycles. The predicted molar refractivity (Wildman–Crippen MR) is 138 cm³/mol. The summed E-state index contributed by atoms with van der Waals surface area (Å²) in [4.78, 5) is 17.9. The molecule has 37 heavy (non-hydrogen) atoms. The van der Waals surface area contributed by atoms with E-state index in [1.165, 1.54) is 6.07 Å². The van der Waals surface area contributed by atoms with Crippen molar-refractivity contribution in [1.29, 1.82) is 0 Å². The van der Waals surface area contributed by atoms with Gasteiger partial charge >= 0.3 is 12.2 Å². The Morgan fingerprint density at radius 3 is 2.27 bits per heavy atom. The summed E-state index contributed by atoms with van der Waals surface area (Å²) in [5.74, 6) is 2.51. The van der Waals surface area contributed by atoms with Crippen LogP contribution in [-0.4, -0.2) is 11.0 Å². The number of hydrogen-bond donors (Lipinski definition) is 2. The SMILES string of the molecule is C#Cc1ccc(NC(=O)NC(Cc2ccccc2)(c2cccc(C(F)(F)F)c2)c2cc(C)ccn2)cc1. The number of amides is 2. The van der Waals surface area contributed by atoms with E-state index in [1.807, 2.05) is 37.3 Å². The van der Waals surface area contributed by atoms with E-state index in [9.17, 15) is 18.0 Å². The van der Waals surface area contributed by atoms with Crippen LogP contribution in [0.2, 0.25) is 0 Å². The molecule has 0 spiro atoms. The summed E-state index contributed by atoms with van der Waals surface area (Å²) < 4.78 is 41.2. The van der Waals surface area contributed by atoms with E-state index in [0.717, 1.165) is 23.3 Å². The van der Waals surface area contributed by atoms with Gasteiger partial charge in [-0.1, -0.05) is 48.4 Å². The van der Waals surface area contributed by atoms with Crippen molar-refractivity contribution in [2.75, 3.05) is 5.32 Å². The number of benzene rings is 3. The number of hydrogen-bond acceptors (Lipinski definition) is 2. The Balaban J connectivity index is 1.86. The molecule has 0 saturated heterocycles. The van der Waals surface area contributed by atoms with Gasteiger partial charge in [-0.15, -0.1) is 6.42 Å². The minimum Gasteiger partial charge on any atom is -0.322 e. The number of pyridine rings is 1. The molecule has 0 aliphatic rings. The quantitative estimate of drug-likeness (QED) is 0.290. The summed E-state index contributed by atoms with van der Waals surface area (Å²) in [6, 6.07) is 23.8. The second-order valence-corrected chi connectivity index (χ2v) is 8.67. The molecule has 2 amide bonds. The smallest absolute Gasteiger partial charge is 0.322 e. The molecule has 0 bridgehead atoms. The molecule has 4 nitrogen and oxygen atoms in total. The number of aromatic nitrogens is 1. The maximum absolute atomic E-state index is 13.7. The van der Waals surface area contributed by atoms with Gasteiger partial charge in [0.2, 0.25) is 0 Å². The second-order valence-electron chi connectivity index (χ2n) is 8.67. The zero-order valence-corrected chi connectivity index (χ0v) is 20.0. The minimum atomic E-state index is -4.56. The molecule has 0 radical (unpaired) electrons. The lowest BCUT2D eigenvalue weighted by Gasteiger charge is -2.36. The summed E-state index contributed by atoms with van der Waals surface area (Å²) >= 11 is 0. The molecule has 1 heterocycles. The third-order valence-corrected chi connectivity index (χ3v) is 5.98. The lowest BCUT2D eigenvalue weighted by molar-refractivity contribution is -0.137. The highest BCUT2D eigenvalue weighted by Gasteiger charge is 2.40. The van der Waals surface area contributed by atoms with Crippen LogP contribution in [0.1, 0.15) is 33.5 Å². The zero-order valence-electron chi connectivity index (χ0n) is 20.0. The number of carbonyl (C=O) groups is 1. The number of nitrogens with one attached hydrogen (secondary N) is 2. The van der Waals surface area contributed by atoms with Crippen molar-refractivity contribution in [2.45, 2.75) is 25.1 Å². The van der Waals surface area contributed by atoms with Crippen LogP contribution in [0.5, 0.6) is 0 Å². The molecule has 1 atom stereocenters. The van der Waals surface area contributed by atoms with E-state index >= 15 is 0 Å². The molecular weight excluding hydrogens is 475 g/mol. The first-order chi connectivity index (χ1) is 17.7. The molecule has 1 aromatic heterocycles. The first-order valence-electron chi connectivity index (χ1n) is 11.5. The van der Waals surface area contributed by atoms with Gasteiger partial charge in [0, 0.05) is 23.9 Å².